The first-order chi connectivity index (χ1) is 9.45. The lowest BCUT2D eigenvalue weighted by Crippen LogP contribution is -2.20. The highest BCUT2D eigenvalue weighted by molar-refractivity contribution is 7.79. The van der Waals surface area contributed by atoms with Crippen molar-refractivity contribution in [3.63, 3.8) is 0 Å². The van der Waals surface area contributed by atoms with E-state index in [9.17, 15) is 0 Å². The van der Waals surface area contributed by atoms with Crippen LogP contribution in [0.5, 0.6) is 0 Å². The number of halogens is 4. The SMILES string of the molecule is F.F.F.F.[B].c1ccc(P(c2ccccc2)c2ccccc2)cc1. The summed E-state index contributed by atoms with van der Waals surface area (Å²) in [6.45, 7) is 0. The fraction of sp³-hybridized carbons (Fsp3) is 0. The van der Waals surface area contributed by atoms with Crippen molar-refractivity contribution in [3.8, 4) is 0 Å². The van der Waals surface area contributed by atoms with E-state index in [1.165, 1.54) is 15.9 Å². The molecule has 0 saturated carbocycles. The standard InChI is InChI=1S/C18H15P.B.4FH/c1-4-10-16(11-5-1)19(17-12-6-2-7-13-17)18-14-8-3-9-15-18;;;;;/h1-15H;;4*1H. The Morgan fingerprint density at radius 1 is 0.375 bits per heavy atom. The molecule has 0 aliphatic heterocycles. The molecule has 0 spiro atoms. The number of hydrogen-bond donors (Lipinski definition) is 0. The third-order valence-electron chi connectivity index (χ3n) is 3.04. The van der Waals surface area contributed by atoms with Gasteiger partial charge in [-0.3, -0.25) is 18.8 Å². The van der Waals surface area contributed by atoms with Crippen molar-refractivity contribution in [2.24, 2.45) is 0 Å². The summed E-state index contributed by atoms with van der Waals surface area (Å²) in [5.74, 6) is 0. The second-order valence-corrected chi connectivity index (χ2v) is 6.56. The highest BCUT2D eigenvalue weighted by Gasteiger charge is 2.14. The lowest BCUT2D eigenvalue weighted by molar-refractivity contribution is 1.11. The fourth-order valence-electron chi connectivity index (χ4n) is 2.18. The minimum atomic E-state index is -0.446. The Kier molecular flexibility index (Phi) is 14.9. The fourth-order valence-corrected chi connectivity index (χ4v) is 4.48. The largest absolute Gasteiger partial charge is 0.269 e. The quantitative estimate of drug-likeness (QED) is 0.383. The summed E-state index contributed by atoms with van der Waals surface area (Å²) < 4.78 is 0. The van der Waals surface area contributed by atoms with Gasteiger partial charge in [0.15, 0.2) is 0 Å². The van der Waals surface area contributed by atoms with Crippen molar-refractivity contribution in [2.75, 3.05) is 0 Å². The first-order valence-electron chi connectivity index (χ1n) is 6.40. The van der Waals surface area contributed by atoms with E-state index in [-0.39, 0.29) is 27.2 Å². The molecule has 0 N–H and O–H groups in total. The van der Waals surface area contributed by atoms with Gasteiger partial charge in [-0.25, -0.2) is 0 Å². The molecule has 3 rings (SSSR count). The maximum Gasteiger partial charge on any atom is 0 e. The van der Waals surface area contributed by atoms with E-state index < -0.39 is 7.92 Å². The minimum absolute atomic E-state index is 0. The molecule has 0 aliphatic rings. The highest BCUT2D eigenvalue weighted by atomic mass is 31.1. The van der Waals surface area contributed by atoms with Crippen LogP contribution in [0.25, 0.3) is 0 Å². The predicted molar refractivity (Wildman–Crippen MR) is 101 cm³/mol. The van der Waals surface area contributed by atoms with Gasteiger partial charge in [-0.1, -0.05) is 91.0 Å². The molecular formula is C18H19BF4P. The molecule has 6 heteroatoms. The van der Waals surface area contributed by atoms with Crippen LogP contribution in [0.1, 0.15) is 0 Å². The molecule has 0 atom stereocenters. The summed E-state index contributed by atoms with van der Waals surface area (Å²) in [7, 11) is -0.446. The van der Waals surface area contributed by atoms with E-state index in [0.717, 1.165) is 0 Å². The Hall–Kier alpha value is -2.13. The number of hydrogen-bond acceptors (Lipinski definition) is 0. The van der Waals surface area contributed by atoms with Gasteiger partial charge in [0, 0.05) is 8.41 Å². The summed E-state index contributed by atoms with van der Waals surface area (Å²) in [6.07, 6.45) is 0. The zero-order chi connectivity index (χ0) is 12.9. The molecule has 0 nitrogen and oxygen atoms in total. The Morgan fingerprint density at radius 2 is 0.583 bits per heavy atom. The van der Waals surface area contributed by atoms with Crippen molar-refractivity contribution in [3.05, 3.63) is 91.0 Å². The lowest BCUT2D eigenvalue weighted by atomic mass is 10.4. The van der Waals surface area contributed by atoms with Gasteiger partial charge >= 0.3 is 0 Å². The summed E-state index contributed by atoms with van der Waals surface area (Å²) >= 11 is 0. The third kappa shape index (κ3) is 6.17. The Balaban J connectivity index is -0.000000882. The average Bonchev–Trinajstić information content (AvgIpc) is 2.51. The van der Waals surface area contributed by atoms with Crippen molar-refractivity contribution in [1.29, 1.82) is 0 Å². The van der Waals surface area contributed by atoms with E-state index in [4.69, 9.17) is 0 Å². The van der Waals surface area contributed by atoms with Gasteiger partial charge in [0.1, 0.15) is 0 Å². The third-order valence-corrected chi connectivity index (χ3v) is 5.49. The second-order valence-electron chi connectivity index (χ2n) is 4.34. The van der Waals surface area contributed by atoms with Gasteiger partial charge in [0.25, 0.3) is 0 Å². The highest BCUT2D eigenvalue weighted by Crippen LogP contribution is 2.32. The van der Waals surface area contributed by atoms with Crippen LogP contribution in [0.4, 0.5) is 18.8 Å². The first kappa shape index (κ1) is 26.8. The zero-order valence-electron chi connectivity index (χ0n) is 12.8. The Morgan fingerprint density at radius 3 is 0.792 bits per heavy atom. The molecule has 0 unspecified atom stereocenters. The van der Waals surface area contributed by atoms with Crippen LogP contribution >= 0.6 is 7.92 Å². The first-order valence-corrected chi connectivity index (χ1v) is 7.74. The van der Waals surface area contributed by atoms with E-state index in [2.05, 4.69) is 91.0 Å². The Labute approximate surface area is 142 Å². The van der Waals surface area contributed by atoms with Gasteiger partial charge < -0.3 is 0 Å². The van der Waals surface area contributed by atoms with Gasteiger partial charge in [-0.05, 0) is 23.8 Å². The molecule has 0 aromatic heterocycles. The van der Waals surface area contributed by atoms with Crippen LogP contribution in [0.3, 0.4) is 0 Å². The summed E-state index contributed by atoms with van der Waals surface area (Å²) in [6, 6.07) is 32.3. The van der Waals surface area contributed by atoms with Crippen molar-refractivity contribution in [1.82, 2.24) is 0 Å². The summed E-state index contributed by atoms with van der Waals surface area (Å²) in [4.78, 5) is 0. The van der Waals surface area contributed by atoms with Crippen LogP contribution in [-0.2, 0) is 0 Å². The summed E-state index contributed by atoms with van der Waals surface area (Å²) in [5, 5.41) is 4.19. The zero-order valence-corrected chi connectivity index (χ0v) is 13.7. The van der Waals surface area contributed by atoms with Gasteiger partial charge in [0.05, 0.1) is 0 Å². The van der Waals surface area contributed by atoms with Crippen molar-refractivity contribution < 1.29 is 18.8 Å². The molecule has 0 amide bonds. The molecule has 3 radical (unpaired) electrons. The van der Waals surface area contributed by atoms with E-state index in [1.54, 1.807) is 0 Å². The van der Waals surface area contributed by atoms with Crippen LogP contribution in [0.2, 0.25) is 0 Å². The molecule has 3 aromatic rings. The predicted octanol–water partition coefficient (Wildman–Crippen LogP) is 3.67. The van der Waals surface area contributed by atoms with Gasteiger partial charge in [-0.15, -0.1) is 0 Å². The van der Waals surface area contributed by atoms with E-state index in [1.807, 2.05) is 0 Å². The smallest absolute Gasteiger partial charge is 0 e. The minimum Gasteiger partial charge on any atom is -0.269 e. The second kappa shape index (κ2) is 13.3. The van der Waals surface area contributed by atoms with Crippen molar-refractivity contribution in [2.45, 2.75) is 0 Å². The number of benzene rings is 3. The van der Waals surface area contributed by atoms with Crippen molar-refractivity contribution >= 4 is 32.2 Å². The maximum atomic E-state index is 2.23. The van der Waals surface area contributed by atoms with E-state index >= 15 is 0 Å². The van der Waals surface area contributed by atoms with Crippen LogP contribution in [0.15, 0.2) is 91.0 Å². The van der Waals surface area contributed by atoms with Crippen LogP contribution in [-0.4, -0.2) is 8.41 Å². The van der Waals surface area contributed by atoms with Crippen LogP contribution in [0, 0.1) is 0 Å². The molecule has 3 aromatic carbocycles. The molecule has 0 aliphatic carbocycles. The van der Waals surface area contributed by atoms with E-state index in [0.29, 0.717) is 0 Å². The molecular weight excluding hydrogens is 334 g/mol. The molecule has 127 valence electrons. The van der Waals surface area contributed by atoms with Gasteiger partial charge in [0.2, 0.25) is 0 Å². The van der Waals surface area contributed by atoms with Gasteiger partial charge in [-0.2, -0.15) is 0 Å². The molecule has 0 fully saturated rings. The summed E-state index contributed by atoms with van der Waals surface area (Å²) in [5.41, 5.74) is 0. The molecule has 0 bridgehead atoms. The normalized spacial score (nSPS) is 8.38. The molecule has 0 saturated heterocycles. The lowest BCUT2D eigenvalue weighted by Gasteiger charge is -2.18. The molecule has 24 heavy (non-hydrogen) atoms. The van der Waals surface area contributed by atoms with Crippen LogP contribution < -0.4 is 15.9 Å². The maximum absolute atomic E-state index is 2.23. The average molecular weight is 353 g/mol. The molecule has 0 heterocycles. The monoisotopic (exact) mass is 353 g/mol. The Bertz CT molecular complexity index is 545. The topological polar surface area (TPSA) is 0 Å². The number of rotatable bonds is 3.